The number of aromatic nitrogens is 5. The molecule has 0 spiro atoms. The quantitative estimate of drug-likeness (QED) is 0.606. The molecule has 1 fully saturated rings. The molecule has 1 atom stereocenters. The number of piperazine rings is 1. The predicted octanol–water partition coefficient (Wildman–Crippen LogP) is 2.74. The summed E-state index contributed by atoms with van der Waals surface area (Å²) in [7, 11) is 1.72. The maximum atomic E-state index is 5.72. The third-order valence-electron chi connectivity index (χ3n) is 5.73. The highest BCUT2D eigenvalue weighted by molar-refractivity contribution is 5.39. The Kier molecular flexibility index (Phi) is 6.29. The second kappa shape index (κ2) is 9.11. The Bertz CT molecular complexity index is 975. The third-order valence-corrected chi connectivity index (χ3v) is 5.73. The molecular formula is C23H31N7O. The second-order valence-electron chi connectivity index (χ2n) is 8.93. The number of hydrogen-bond acceptors (Lipinski definition) is 7. The summed E-state index contributed by atoms with van der Waals surface area (Å²) in [5, 5.41) is 12.8. The number of nitrogens with zero attached hydrogens (tertiary/aromatic N) is 7. The number of hydrogen-bond donors (Lipinski definition) is 0. The Balaban J connectivity index is 1.61. The van der Waals surface area contributed by atoms with Gasteiger partial charge >= 0.3 is 0 Å². The molecule has 1 aliphatic rings. The van der Waals surface area contributed by atoms with E-state index in [1.54, 1.807) is 7.11 Å². The highest BCUT2D eigenvalue weighted by Gasteiger charge is 2.34. The molecule has 0 aliphatic carbocycles. The molecule has 0 N–H and O–H groups in total. The number of tetrazole rings is 1. The lowest BCUT2D eigenvalue weighted by atomic mass is 10.0. The van der Waals surface area contributed by atoms with Crippen LogP contribution in [-0.4, -0.2) is 68.3 Å². The van der Waals surface area contributed by atoms with Crippen LogP contribution in [0.1, 0.15) is 43.8 Å². The fourth-order valence-corrected chi connectivity index (χ4v) is 4.16. The summed E-state index contributed by atoms with van der Waals surface area (Å²) in [5.41, 5.74) is 2.16. The Morgan fingerprint density at radius 1 is 1.00 bits per heavy atom. The molecule has 0 amide bonds. The fourth-order valence-electron chi connectivity index (χ4n) is 4.16. The van der Waals surface area contributed by atoms with E-state index in [-0.39, 0.29) is 11.6 Å². The molecule has 0 saturated carbocycles. The smallest absolute Gasteiger partial charge is 0.173 e. The largest absolute Gasteiger partial charge is 0.496 e. The summed E-state index contributed by atoms with van der Waals surface area (Å²) in [5.74, 6) is 1.70. The summed E-state index contributed by atoms with van der Waals surface area (Å²) < 4.78 is 7.66. The molecule has 0 radical (unpaired) electrons. The van der Waals surface area contributed by atoms with Gasteiger partial charge in [0.25, 0.3) is 0 Å². The standard InChI is InChI=1S/C23H31N7O/c1-23(2,3)30-22(25-26-27-30)21(19-7-5-6-8-20(19)31-4)29-15-13-28(14-16-29)17-18-9-11-24-12-10-18/h5-12,21H,13-17H2,1-4H3/t21-/m1/s1. The van der Waals surface area contributed by atoms with Crippen LogP contribution in [0.25, 0.3) is 0 Å². The van der Waals surface area contributed by atoms with Crippen molar-refractivity contribution in [1.29, 1.82) is 0 Å². The minimum Gasteiger partial charge on any atom is -0.496 e. The van der Waals surface area contributed by atoms with Crippen LogP contribution in [0.3, 0.4) is 0 Å². The van der Waals surface area contributed by atoms with Crippen molar-refractivity contribution in [2.45, 2.75) is 38.9 Å². The molecule has 1 saturated heterocycles. The molecule has 0 unspecified atom stereocenters. The lowest BCUT2D eigenvalue weighted by Crippen LogP contribution is -2.48. The van der Waals surface area contributed by atoms with Gasteiger partial charge in [0.15, 0.2) is 5.82 Å². The van der Waals surface area contributed by atoms with Gasteiger partial charge in [-0.05, 0) is 55.0 Å². The summed E-state index contributed by atoms with van der Waals surface area (Å²) in [6.07, 6.45) is 3.71. The van der Waals surface area contributed by atoms with Gasteiger partial charge in [0.2, 0.25) is 0 Å². The van der Waals surface area contributed by atoms with E-state index in [1.807, 2.05) is 29.2 Å². The molecule has 1 aliphatic heterocycles. The van der Waals surface area contributed by atoms with E-state index < -0.39 is 0 Å². The molecule has 8 heteroatoms. The summed E-state index contributed by atoms with van der Waals surface area (Å²) in [4.78, 5) is 9.07. The van der Waals surface area contributed by atoms with E-state index in [0.29, 0.717) is 0 Å². The summed E-state index contributed by atoms with van der Waals surface area (Å²) in [6, 6.07) is 12.3. The Morgan fingerprint density at radius 3 is 2.39 bits per heavy atom. The van der Waals surface area contributed by atoms with Crippen LogP contribution < -0.4 is 4.74 Å². The average Bonchev–Trinajstić information content (AvgIpc) is 3.26. The van der Waals surface area contributed by atoms with Crippen molar-refractivity contribution >= 4 is 0 Å². The number of pyridine rings is 1. The predicted molar refractivity (Wildman–Crippen MR) is 119 cm³/mol. The second-order valence-corrected chi connectivity index (χ2v) is 8.93. The van der Waals surface area contributed by atoms with Gasteiger partial charge in [-0.2, -0.15) is 0 Å². The highest BCUT2D eigenvalue weighted by atomic mass is 16.5. The van der Waals surface area contributed by atoms with Crippen molar-refractivity contribution in [1.82, 2.24) is 35.0 Å². The molecule has 31 heavy (non-hydrogen) atoms. The number of rotatable bonds is 6. The maximum Gasteiger partial charge on any atom is 0.173 e. The van der Waals surface area contributed by atoms with Crippen molar-refractivity contribution in [3.05, 3.63) is 65.7 Å². The summed E-state index contributed by atoms with van der Waals surface area (Å²) >= 11 is 0. The van der Waals surface area contributed by atoms with E-state index in [9.17, 15) is 0 Å². The van der Waals surface area contributed by atoms with Crippen LogP contribution in [0.5, 0.6) is 5.75 Å². The zero-order valence-electron chi connectivity index (χ0n) is 18.8. The van der Waals surface area contributed by atoms with Crippen molar-refractivity contribution in [2.75, 3.05) is 33.3 Å². The fraction of sp³-hybridized carbons (Fsp3) is 0.478. The number of ether oxygens (including phenoxy) is 1. The van der Waals surface area contributed by atoms with E-state index in [4.69, 9.17) is 4.74 Å². The van der Waals surface area contributed by atoms with Crippen LogP contribution in [0.15, 0.2) is 48.8 Å². The van der Waals surface area contributed by atoms with Gasteiger partial charge in [-0.25, -0.2) is 4.68 Å². The minimum atomic E-state index is -0.220. The molecule has 2 aromatic heterocycles. The monoisotopic (exact) mass is 421 g/mol. The topological polar surface area (TPSA) is 72.2 Å². The maximum absolute atomic E-state index is 5.72. The molecular weight excluding hydrogens is 390 g/mol. The van der Waals surface area contributed by atoms with Gasteiger partial charge in [0.05, 0.1) is 12.6 Å². The van der Waals surface area contributed by atoms with Crippen LogP contribution in [0.2, 0.25) is 0 Å². The first-order chi connectivity index (χ1) is 15.0. The Labute approximate surface area is 183 Å². The van der Waals surface area contributed by atoms with E-state index in [1.165, 1.54) is 5.56 Å². The number of benzene rings is 1. The van der Waals surface area contributed by atoms with Gasteiger partial charge in [-0.1, -0.05) is 18.2 Å². The van der Waals surface area contributed by atoms with Gasteiger partial charge in [-0.3, -0.25) is 14.8 Å². The Hall–Kier alpha value is -2.84. The van der Waals surface area contributed by atoms with Crippen LogP contribution >= 0.6 is 0 Å². The van der Waals surface area contributed by atoms with Crippen LogP contribution in [0, 0.1) is 0 Å². The molecule has 3 aromatic rings. The molecule has 3 heterocycles. The molecule has 8 nitrogen and oxygen atoms in total. The number of methoxy groups -OCH3 is 1. The summed E-state index contributed by atoms with van der Waals surface area (Å²) in [6.45, 7) is 11.1. The molecule has 164 valence electrons. The van der Waals surface area contributed by atoms with Crippen molar-refractivity contribution in [3.63, 3.8) is 0 Å². The van der Waals surface area contributed by atoms with Crippen LogP contribution in [0.4, 0.5) is 0 Å². The van der Waals surface area contributed by atoms with Crippen molar-refractivity contribution in [2.24, 2.45) is 0 Å². The van der Waals surface area contributed by atoms with Gasteiger partial charge in [0, 0.05) is 50.7 Å². The van der Waals surface area contributed by atoms with Gasteiger partial charge in [0.1, 0.15) is 11.8 Å². The average molecular weight is 422 g/mol. The lowest BCUT2D eigenvalue weighted by molar-refractivity contribution is 0.0970. The lowest BCUT2D eigenvalue weighted by Gasteiger charge is -2.39. The van der Waals surface area contributed by atoms with E-state index in [0.717, 1.165) is 49.9 Å². The first-order valence-corrected chi connectivity index (χ1v) is 10.7. The SMILES string of the molecule is COc1ccccc1[C@H](c1nnnn1C(C)(C)C)N1CCN(Cc2ccncc2)CC1. The van der Waals surface area contributed by atoms with Gasteiger partial charge in [-0.15, -0.1) is 5.10 Å². The van der Waals surface area contributed by atoms with E-state index >= 15 is 0 Å². The molecule has 1 aromatic carbocycles. The number of para-hydroxylation sites is 1. The molecule has 4 rings (SSSR count). The van der Waals surface area contributed by atoms with Crippen LogP contribution in [-0.2, 0) is 12.1 Å². The van der Waals surface area contributed by atoms with Gasteiger partial charge < -0.3 is 4.74 Å². The minimum absolute atomic E-state index is 0.0755. The first kappa shape index (κ1) is 21.4. The van der Waals surface area contributed by atoms with Crippen molar-refractivity contribution < 1.29 is 4.74 Å². The molecule has 0 bridgehead atoms. The highest BCUT2D eigenvalue weighted by Crippen LogP contribution is 2.35. The Morgan fingerprint density at radius 2 is 1.71 bits per heavy atom. The first-order valence-electron chi connectivity index (χ1n) is 10.7. The normalized spacial score (nSPS) is 16.9. The van der Waals surface area contributed by atoms with E-state index in [2.05, 4.69) is 75.3 Å². The zero-order chi connectivity index (χ0) is 21.8. The third kappa shape index (κ3) is 4.75. The zero-order valence-corrected chi connectivity index (χ0v) is 18.8. The van der Waals surface area contributed by atoms with Crippen molar-refractivity contribution in [3.8, 4) is 5.75 Å².